The highest BCUT2D eigenvalue weighted by molar-refractivity contribution is 5.97. The van der Waals surface area contributed by atoms with Crippen LogP contribution in [0.4, 0.5) is 0 Å². The van der Waals surface area contributed by atoms with Crippen molar-refractivity contribution in [2.45, 2.75) is 26.4 Å². The Morgan fingerprint density at radius 3 is 2.52 bits per heavy atom. The van der Waals surface area contributed by atoms with Gasteiger partial charge in [-0.25, -0.2) is 0 Å². The van der Waals surface area contributed by atoms with Gasteiger partial charge in [0.1, 0.15) is 5.75 Å². The molecular formula is C17H20N2O2. The highest BCUT2D eigenvalue weighted by Gasteiger charge is 2.15. The van der Waals surface area contributed by atoms with Crippen LogP contribution in [-0.2, 0) is 6.54 Å². The van der Waals surface area contributed by atoms with E-state index in [1.54, 1.807) is 25.1 Å². The zero-order chi connectivity index (χ0) is 15.4. The predicted molar refractivity (Wildman–Crippen MR) is 83.1 cm³/mol. The first kappa shape index (κ1) is 15.1. The van der Waals surface area contributed by atoms with E-state index in [1.807, 2.05) is 31.2 Å². The van der Waals surface area contributed by atoms with Gasteiger partial charge in [-0.3, -0.25) is 4.79 Å². The molecule has 0 radical (unpaired) electrons. The van der Waals surface area contributed by atoms with Crippen LogP contribution in [0.2, 0.25) is 0 Å². The summed E-state index contributed by atoms with van der Waals surface area (Å²) in [6.45, 7) is 4.17. The molecule has 21 heavy (non-hydrogen) atoms. The lowest BCUT2D eigenvalue weighted by atomic mass is 10.0. The molecule has 4 N–H and O–H groups in total. The van der Waals surface area contributed by atoms with E-state index in [-0.39, 0.29) is 17.7 Å². The van der Waals surface area contributed by atoms with Gasteiger partial charge in [0.25, 0.3) is 5.91 Å². The molecule has 4 heteroatoms. The van der Waals surface area contributed by atoms with Gasteiger partial charge in [-0.15, -0.1) is 0 Å². The summed E-state index contributed by atoms with van der Waals surface area (Å²) < 4.78 is 0. The van der Waals surface area contributed by atoms with Crippen molar-refractivity contribution in [1.29, 1.82) is 0 Å². The van der Waals surface area contributed by atoms with Gasteiger partial charge in [-0.1, -0.05) is 36.4 Å². The first-order chi connectivity index (χ1) is 10.0. The molecule has 2 aromatic carbocycles. The molecule has 0 aromatic heterocycles. The summed E-state index contributed by atoms with van der Waals surface area (Å²) in [6.07, 6.45) is 0. The molecular weight excluding hydrogens is 264 g/mol. The van der Waals surface area contributed by atoms with E-state index in [0.29, 0.717) is 17.7 Å². The normalized spacial score (nSPS) is 12.0. The number of carbonyl (C=O) groups excluding carboxylic acids is 1. The third-order valence-electron chi connectivity index (χ3n) is 3.55. The lowest BCUT2D eigenvalue weighted by Crippen LogP contribution is -2.26. The van der Waals surface area contributed by atoms with E-state index in [0.717, 1.165) is 11.1 Å². The van der Waals surface area contributed by atoms with Crippen molar-refractivity contribution in [3.05, 3.63) is 64.7 Å². The van der Waals surface area contributed by atoms with Crippen molar-refractivity contribution in [2.75, 3.05) is 0 Å². The third kappa shape index (κ3) is 3.41. The van der Waals surface area contributed by atoms with Gasteiger partial charge in [-0.2, -0.15) is 0 Å². The zero-order valence-electron chi connectivity index (χ0n) is 12.3. The lowest BCUT2D eigenvalue weighted by molar-refractivity contribution is 0.0937. The minimum absolute atomic E-state index is 0.0284. The number of aryl methyl sites for hydroxylation is 1. The number of carbonyl (C=O) groups is 1. The van der Waals surface area contributed by atoms with Gasteiger partial charge in [-0.05, 0) is 36.6 Å². The van der Waals surface area contributed by atoms with Crippen LogP contribution in [0.5, 0.6) is 5.75 Å². The molecule has 0 aliphatic carbocycles. The van der Waals surface area contributed by atoms with E-state index in [2.05, 4.69) is 5.32 Å². The van der Waals surface area contributed by atoms with Crippen molar-refractivity contribution in [3.63, 3.8) is 0 Å². The number of rotatable bonds is 4. The fraction of sp³-hybridized carbons (Fsp3) is 0.235. The van der Waals surface area contributed by atoms with Crippen LogP contribution in [0.15, 0.2) is 42.5 Å². The number of amides is 1. The molecule has 0 aliphatic heterocycles. The summed E-state index contributed by atoms with van der Waals surface area (Å²) in [7, 11) is 0. The minimum Gasteiger partial charge on any atom is -0.507 e. The number of phenolic OH excluding ortho intramolecular Hbond substituents is 1. The van der Waals surface area contributed by atoms with Crippen LogP contribution in [-0.4, -0.2) is 11.0 Å². The van der Waals surface area contributed by atoms with Crippen LogP contribution >= 0.6 is 0 Å². The molecule has 0 spiro atoms. The van der Waals surface area contributed by atoms with Crippen molar-refractivity contribution >= 4 is 5.91 Å². The number of phenols is 1. The molecule has 0 saturated heterocycles. The molecule has 2 aromatic rings. The Hall–Kier alpha value is -2.33. The summed E-state index contributed by atoms with van der Waals surface area (Å²) in [5.41, 5.74) is 8.58. The number of para-hydroxylation sites is 1. The second-order valence-electron chi connectivity index (χ2n) is 5.11. The van der Waals surface area contributed by atoms with Crippen LogP contribution in [0, 0.1) is 6.92 Å². The number of hydrogen-bond donors (Lipinski definition) is 3. The molecule has 0 aliphatic rings. The molecule has 0 fully saturated rings. The maximum Gasteiger partial charge on any atom is 0.255 e. The monoisotopic (exact) mass is 284 g/mol. The molecule has 1 amide bonds. The molecule has 1 unspecified atom stereocenters. The molecule has 2 rings (SSSR count). The highest BCUT2D eigenvalue weighted by atomic mass is 16.3. The first-order valence-electron chi connectivity index (χ1n) is 6.91. The lowest BCUT2D eigenvalue weighted by Gasteiger charge is -2.15. The SMILES string of the molecule is Cc1cccc(C(=O)NC(C)c2ccc(CN)cc2)c1O. The highest BCUT2D eigenvalue weighted by Crippen LogP contribution is 2.22. The second-order valence-corrected chi connectivity index (χ2v) is 5.11. The number of nitrogens with one attached hydrogen (secondary N) is 1. The Kier molecular flexibility index (Phi) is 4.60. The zero-order valence-corrected chi connectivity index (χ0v) is 12.3. The number of benzene rings is 2. The topological polar surface area (TPSA) is 75.4 Å². The van der Waals surface area contributed by atoms with Crippen LogP contribution in [0.1, 0.15) is 40.0 Å². The molecule has 0 saturated carbocycles. The molecule has 0 heterocycles. The largest absolute Gasteiger partial charge is 0.507 e. The van der Waals surface area contributed by atoms with Gasteiger partial charge in [0.15, 0.2) is 0 Å². The molecule has 110 valence electrons. The van der Waals surface area contributed by atoms with Gasteiger partial charge in [0.05, 0.1) is 11.6 Å². The minimum atomic E-state index is -0.286. The average Bonchev–Trinajstić information content (AvgIpc) is 2.50. The molecule has 1 atom stereocenters. The number of hydrogen-bond acceptors (Lipinski definition) is 3. The van der Waals surface area contributed by atoms with Gasteiger partial charge in [0.2, 0.25) is 0 Å². The van der Waals surface area contributed by atoms with Crippen LogP contribution in [0.3, 0.4) is 0 Å². The Morgan fingerprint density at radius 1 is 1.24 bits per heavy atom. The predicted octanol–water partition coefficient (Wildman–Crippen LogP) is 2.65. The fourth-order valence-corrected chi connectivity index (χ4v) is 2.14. The van der Waals surface area contributed by atoms with Crippen molar-refractivity contribution in [1.82, 2.24) is 5.32 Å². The fourth-order valence-electron chi connectivity index (χ4n) is 2.14. The first-order valence-corrected chi connectivity index (χ1v) is 6.91. The van der Waals surface area contributed by atoms with Crippen molar-refractivity contribution < 1.29 is 9.90 Å². The average molecular weight is 284 g/mol. The van der Waals surface area contributed by atoms with Gasteiger partial charge in [0, 0.05) is 6.54 Å². The van der Waals surface area contributed by atoms with Gasteiger partial charge >= 0.3 is 0 Å². The Morgan fingerprint density at radius 2 is 1.90 bits per heavy atom. The summed E-state index contributed by atoms with van der Waals surface area (Å²) in [4.78, 5) is 12.2. The maximum absolute atomic E-state index is 12.2. The standard InChI is InChI=1S/C17H20N2O2/c1-11-4-3-5-15(16(11)20)17(21)19-12(2)14-8-6-13(10-18)7-9-14/h3-9,12,20H,10,18H2,1-2H3,(H,19,21). The molecule has 4 nitrogen and oxygen atoms in total. The van der Waals surface area contributed by atoms with Gasteiger partial charge < -0.3 is 16.2 Å². The quantitative estimate of drug-likeness (QED) is 0.808. The Labute approximate surface area is 124 Å². The summed E-state index contributed by atoms with van der Waals surface area (Å²) in [5.74, 6) is -0.257. The summed E-state index contributed by atoms with van der Waals surface area (Å²) in [6, 6.07) is 12.8. The third-order valence-corrected chi connectivity index (χ3v) is 3.55. The van der Waals surface area contributed by atoms with E-state index in [4.69, 9.17) is 5.73 Å². The second kappa shape index (κ2) is 6.41. The Bertz CT molecular complexity index is 636. The van der Waals surface area contributed by atoms with E-state index in [1.165, 1.54) is 0 Å². The van der Waals surface area contributed by atoms with Crippen LogP contribution < -0.4 is 11.1 Å². The maximum atomic E-state index is 12.2. The van der Waals surface area contributed by atoms with Crippen molar-refractivity contribution in [2.24, 2.45) is 5.73 Å². The van der Waals surface area contributed by atoms with E-state index >= 15 is 0 Å². The van der Waals surface area contributed by atoms with Crippen LogP contribution in [0.25, 0.3) is 0 Å². The van der Waals surface area contributed by atoms with Crippen molar-refractivity contribution in [3.8, 4) is 5.75 Å². The smallest absolute Gasteiger partial charge is 0.255 e. The Balaban J connectivity index is 2.12. The van der Waals surface area contributed by atoms with E-state index in [9.17, 15) is 9.90 Å². The number of nitrogens with two attached hydrogens (primary N) is 1. The van der Waals surface area contributed by atoms with E-state index < -0.39 is 0 Å². The summed E-state index contributed by atoms with van der Waals surface area (Å²) in [5, 5.41) is 12.8. The molecule has 0 bridgehead atoms. The number of aromatic hydroxyl groups is 1. The summed E-state index contributed by atoms with van der Waals surface area (Å²) >= 11 is 0.